The van der Waals surface area contributed by atoms with Crippen molar-refractivity contribution in [2.24, 2.45) is 0 Å². The van der Waals surface area contributed by atoms with E-state index in [0.29, 0.717) is 12.1 Å². The van der Waals surface area contributed by atoms with E-state index in [-0.39, 0.29) is 0 Å². The second-order valence-corrected chi connectivity index (χ2v) is 4.12. The molecule has 7 heteroatoms. The molecule has 2 aromatic rings. The fourth-order valence-electron chi connectivity index (χ4n) is 1.74. The van der Waals surface area contributed by atoms with E-state index in [1.54, 1.807) is 0 Å². The molecule has 21 heavy (non-hydrogen) atoms. The Hall–Kier alpha value is -2.31. The fraction of sp³-hybridized carbons (Fsp3) is 0.0714. The van der Waals surface area contributed by atoms with Crippen LogP contribution < -0.4 is 0 Å². The van der Waals surface area contributed by atoms with Crippen molar-refractivity contribution in [3.8, 4) is 0 Å². The van der Waals surface area contributed by atoms with Gasteiger partial charge in [0, 0.05) is 6.07 Å². The first-order valence-electron chi connectivity index (χ1n) is 5.57. The average molecular weight is 304 g/mol. The van der Waals surface area contributed by atoms with Crippen LogP contribution >= 0.6 is 0 Å². The third-order valence-electron chi connectivity index (χ3n) is 2.72. The molecule has 0 atom stereocenters. The van der Waals surface area contributed by atoms with Gasteiger partial charge in [0.15, 0.2) is 5.78 Å². The summed E-state index contributed by atoms with van der Waals surface area (Å²) < 4.78 is 77.6. The number of alkyl halides is 3. The average Bonchev–Trinajstić information content (AvgIpc) is 2.37. The summed E-state index contributed by atoms with van der Waals surface area (Å²) in [5, 5.41) is 0. The van der Waals surface area contributed by atoms with Crippen molar-refractivity contribution in [2.45, 2.75) is 6.18 Å². The second kappa shape index (κ2) is 5.23. The van der Waals surface area contributed by atoms with E-state index in [9.17, 15) is 31.1 Å². The Morgan fingerprint density at radius 3 is 2.14 bits per heavy atom. The second-order valence-electron chi connectivity index (χ2n) is 4.12. The van der Waals surface area contributed by atoms with Crippen LogP contribution in [0.1, 0.15) is 21.5 Å². The molecule has 0 aromatic heterocycles. The lowest BCUT2D eigenvalue weighted by atomic mass is 10.00. The van der Waals surface area contributed by atoms with Gasteiger partial charge in [0.1, 0.15) is 17.5 Å². The van der Waals surface area contributed by atoms with Crippen LogP contribution in [0.4, 0.5) is 26.3 Å². The van der Waals surface area contributed by atoms with Gasteiger partial charge in [-0.2, -0.15) is 13.2 Å². The van der Waals surface area contributed by atoms with Crippen molar-refractivity contribution >= 4 is 5.78 Å². The van der Waals surface area contributed by atoms with E-state index in [1.165, 1.54) is 0 Å². The summed E-state index contributed by atoms with van der Waals surface area (Å²) in [4.78, 5) is 11.9. The summed E-state index contributed by atoms with van der Waals surface area (Å²) in [7, 11) is 0. The minimum Gasteiger partial charge on any atom is -0.288 e. The fourth-order valence-corrected chi connectivity index (χ4v) is 1.74. The first-order chi connectivity index (χ1) is 9.71. The van der Waals surface area contributed by atoms with Gasteiger partial charge < -0.3 is 0 Å². The van der Waals surface area contributed by atoms with Crippen molar-refractivity contribution in [3.63, 3.8) is 0 Å². The first-order valence-corrected chi connectivity index (χ1v) is 5.57. The van der Waals surface area contributed by atoms with Crippen LogP contribution in [0.2, 0.25) is 0 Å². The standard InChI is InChI=1S/C14H6F6O/c15-7-4-5-8(11(16)6-7)13(21)9-2-1-3-10(12(9)17)14(18,19)20/h1-6H. The number of ketones is 1. The van der Waals surface area contributed by atoms with Crippen LogP contribution in [0.15, 0.2) is 36.4 Å². The summed E-state index contributed by atoms with van der Waals surface area (Å²) in [6.45, 7) is 0. The largest absolute Gasteiger partial charge is 0.419 e. The molecule has 1 nitrogen and oxygen atoms in total. The van der Waals surface area contributed by atoms with E-state index in [4.69, 9.17) is 0 Å². The van der Waals surface area contributed by atoms with Crippen LogP contribution in [-0.4, -0.2) is 5.78 Å². The van der Waals surface area contributed by atoms with Crippen LogP contribution in [0.3, 0.4) is 0 Å². The van der Waals surface area contributed by atoms with Gasteiger partial charge in [0.2, 0.25) is 0 Å². The van der Waals surface area contributed by atoms with Crippen molar-refractivity contribution in [1.29, 1.82) is 0 Å². The Kier molecular flexibility index (Phi) is 3.76. The summed E-state index contributed by atoms with van der Waals surface area (Å²) in [5.41, 5.74) is -3.28. The monoisotopic (exact) mass is 304 g/mol. The Balaban J connectivity index is 2.54. The molecule has 0 heterocycles. The summed E-state index contributed by atoms with van der Waals surface area (Å²) >= 11 is 0. The van der Waals surface area contributed by atoms with Gasteiger partial charge in [-0.1, -0.05) is 6.07 Å². The molecular weight excluding hydrogens is 298 g/mol. The number of hydrogen-bond donors (Lipinski definition) is 0. The van der Waals surface area contributed by atoms with E-state index in [0.717, 1.165) is 24.3 Å². The highest BCUT2D eigenvalue weighted by Crippen LogP contribution is 2.33. The van der Waals surface area contributed by atoms with Crippen molar-refractivity contribution in [2.75, 3.05) is 0 Å². The van der Waals surface area contributed by atoms with E-state index < -0.39 is 46.1 Å². The third kappa shape index (κ3) is 2.91. The van der Waals surface area contributed by atoms with E-state index in [1.807, 2.05) is 0 Å². The zero-order chi connectivity index (χ0) is 15.8. The third-order valence-corrected chi connectivity index (χ3v) is 2.72. The molecule has 0 bridgehead atoms. The van der Waals surface area contributed by atoms with Gasteiger partial charge in [-0.15, -0.1) is 0 Å². The Labute approximate surface area is 114 Å². The maximum absolute atomic E-state index is 13.8. The zero-order valence-corrected chi connectivity index (χ0v) is 10.1. The van der Waals surface area contributed by atoms with Crippen molar-refractivity contribution in [1.82, 2.24) is 0 Å². The molecule has 0 aliphatic rings. The van der Waals surface area contributed by atoms with Gasteiger partial charge in [0.05, 0.1) is 16.7 Å². The van der Waals surface area contributed by atoms with Gasteiger partial charge in [-0.3, -0.25) is 4.79 Å². The maximum atomic E-state index is 13.8. The lowest BCUT2D eigenvalue weighted by molar-refractivity contribution is -0.140. The quantitative estimate of drug-likeness (QED) is 0.595. The topological polar surface area (TPSA) is 17.1 Å². The highest BCUT2D eigenvalue weighted by Gasteiger charge is 2.36. The van der Waals surface area contributed by atoms with Gasteiger partial charge >= 0.3 is 6.18 Å². The highest BCUT2D eigenvalue weighted by molar-refractivity contribution is 6.09. The van der Waals surface area contributed by atoms with Crippen LogP contribution in [0.25, 0.3) is 0 Å². The molecule has 110 valence electrons. The number of carbonyl (C=O) groups excluding carboxylic acids is 1. The highest BCUT2D eigenvalue weighted by atomic mass is 19.4. The molecule has 2 aromatic carbocycles. The first kappa shape index (κ1) is 15.1. The summed E-state index contributed by atoms with van der Waals surface area (Å²) in [6.07, 6.45) is -4.98. The molecule has 2 rings (SSSR count). The number of rotatable bonds is 2. The predicted octanol–water partition coefficient (Wildman–Crippen LogP) is 4.35. The SMILES string of the molecule is O=C(c1ccc(F)cc1F)c1cccc(C(F)(F)F)c1F. The number of benzene rings is 2. The van der Waals surface area contributed by atoms with E-state index in [2.05, 4.69) is 0 Å². The smallest absolute Gasteiger partial charge is 0.288 e. The van der Waals surface area contributed by atoms with Crippen molar-refractivity contribution < 1.29 is 31.1 Å². The number of carbonyl (C=O) groups is 1. The molecule has 0 saturated carbocycles. The van der Waals surface area contributed by atoms with Crippen LogP contribution in [0.5, 0.6) is 0 Å². The number of hydrogen-bond acceptors (Lipinski definition) is 1. The molecule has 0 aliphatic carbocycles. The minimum atomic E-state index is -4.98. The molecule has 0 spiro atoms. The lowest BCUT2D eigenvalue weighted by Crippen LogP contribution is -2.13. The molecule has 0 N–H and O–H groups in total. The minimum absolute atomic E-state index is 0.388. The van der Waals surface area contributed by atoms with Crippen LogP contribution in [0, 0.1) is 17.5 Å². The maximum Gasteiger partial charge on any atom is 0.419 e. The molecular formula is C14H6F6O. The molecule has 0 unspecified atom stereocenters. The van der Waals surface area contributed by atoms with Gasteiger partial charge in [0.25, 0.3) is 0 Å². The summed E-state index contributed by atoms with van der Waals surface area (Å²) in [6, 6.07) is 3.98. The predicted molar refractivity (Wildman–Crippen MR) is 61.2 cm³/mol. The van der Waals surface area contributed by atoms with Crippen LogP contribution in [-0.2, 0) is 6.18 Å². The lowest BCUT2D eigenvalue weighted by Gasteiger charge is -2.11. The normalized spacial score (nSPS) is 11.5. The zero-order valence-electron chi connectivity index (χ0n) is 10.1. The molecule has 0 aliphatic heterocycles. The molecule has 0 saturated heterocycles. The van der Waals surface area contributed by atoms with Crippen molar-refractivity contribution in [3.05, 3.63) is 70.5 Å². The Morgan fingerprint density at radius 1 is 0.905 bits per heavy atom. The van der Waals surface area contributed by atoms with Gasteiger partial charge in [-0.05, 0) is 24.3 Å². The van der Waals surface area contributed by atoms with E-state index >= 15 is 0 Å². The summed E-state index contributed by atoms with van der Waals surface area (Å²) in [5.74, 6) is -5.33. The molecule has 0 fully saturated rings. The molecule has 0 radical (unpaired) electrons. The molecule has 0 amide bonds. The van der Waals surface area contributed by atoms with Gasteiger partial charge in [-0.25, -0.2) is 13.2 Å². The number of halogens is 6. The Morgan fingerprint density at radius 2 is 1.57 bits per heavy atom. The Bertz CT molecular complexity index is 705.